The molecular weight excluding hydrogens is 182 g/mol. The van der Waals surface area contributed by atoms with Gasteiger partial charge in [0.2, 0.25) is 5.95 Å². The van der Waals surface area contributed by atoms with Gasteiger partial charge in [-0.25, -0.2) is 4.98 Å². The van der Waals surface area contributed by atoms with Gasteiger partial charge in [0.05, 0.1) is 5.69 Å². The van der Waals surface area contributed by atoms with Crippen molar-refractivity contribution in [1.82, 2.24) is 9.55 Å². The molecule has 2 heterocycles. The second-order valence-corrected chi connectivity index (χ2v) is 4.73. The van der Waals surface area contributed by atoms with Gasteiger partial charge in [0, 0.05) is 17.5 Å². The molecule has 72 valence electrons. The van der Waals surface area contributed by atoms with Crippen LogP contribution in [0.2, 0.25) is 0 Å². The van der Waals surface area contributed by atoms with Gasteiger partial charge < -0.3 is 10.3 Å². The van der Waals surface area contributed by atoms with E-state index in [1.807, 2.05) is 11.8 Å². The Morgan fingerprint density at radius 2 is 2.31 bits per heavy atom. The highest BCUT2D eigenvalue weighted by molar-refractivity contribution is 7.98. The van der Waals surface area contributed by atoms with Crippen molar-refractivity contribution in [2.45, 2.75) is 32.1 Å². The van der Waals surface area contributed by atoms with E-state index in [4.69, 9.17) is 5.73 Å². The van der Waals surface area contributed by atoms with E-state index in [1.165, 1.54) is 17.1 Å². The van der Waals surface area contributed by atoms with Crippen molar-refractivity contribution in [2.24, 2.45) is 0 Å². The van der Waals surface area contributed by atoms with Crippen molar-refractivity contribution in [1.29, 1.82) is 0 Å². The lowest BCUT2D eigenvalue weighted by Gasteiger charge is -2.16. The smallest absolute Gasteiger partial charge is 0.200 e. The Balaban J connectivity index is 2.48. The molecular formula is C9H15N3S. The van der Waals surface area contributed by atoms with E-state index in [9.17, 15) is 0 Å². The van der Waals surface area contributed by atoms with Crippen LogP contribution in [0.1, 0.15) is 31.3 Å². The number of nitrogen functional groups attached to an aromatic ring is 1. The van der Waals surface area contributed by atoms with Crippen LogP contribution in [0.4, 0.5) is 5.95 Å². The maximum atomic E-state index is 5.86. The van der Waals surface area contributed by atoms with Crippen LogP contribution in [0.3, 0.4) is 0 Å². The fraction of sp³-hybridized carbons (Fsp3) is 0.667. The summed E-state index contributed by atoms with van der Waals surface area (Å²) in [7, 11) is 0. The molecule has 3 nitrogen and oxygen atoms in total. The Morgan fingerprint density at radius 1 is 1.54 bits per heavy atom. The first-order chi connectivity index (χ1) is 6.20. The van der Waals surface area contributed by atoms with Crippen LogP contribution >= 0.6 is 11.8 Å². The summed E-state index contributed by atoms with van der Waals surface area (Å²) < 4.78 is 2.16. The molecule has 0 amide bonds. The Labute approximate surface area is 82.7 Å². The van der Waals surface area contributed by atoms with E-state index in [0.717, 1.165) is 12.2 Å². The molecule has 0 spiro atoms. The van der Waals surface area contributed by atoms with Crippen molar-refractivity contribution in [2.75, 3.05) is 11.5 Å². The van der Waals surface area contributed by atoms with Gasteiger partial charge in [-0.05, 0) is 26.0 Å². The van der Waals surface area contributed by atoms with Gasteiger partial charge in [0.15, 0.2) is 0 Å². The number of imidazole rings is 1. The number of fused-ring (bicyclic) bond motifs is 1. The maximum absolute atomic E-state index is 5.86. The summed E-state index contributed by atoms with van der Waals surface area (Å²) in [6, 6.07) is 0.430. The average molecular weight is 197 g/mol. The molecule has 0 aliphatic carbocycles. The number of nitrogens with two attached hydrogens (primary N) is 1. The fourth-order valence-electron chi connectivity index (χ4n) is 1.83. The lowest BCUT2D eigenvalue weighted by Crippen LogP contribution is -2.12. The van der Waals surface area contributed by atoms with Crippen molar-refractivity contribution < 1.29 is 0 Å². The molecule has 0 saturated carbocycles. The van der Waals surface area contributed by atoms with E-state index < -0.39 is 0 Å². The van der Waals surface area contributed by atoms with Crippen molar-refractivity contribution >= 4 is 17.7 Å². The van der Waals surface area contributed by atoms with E-state index in [1.54, 1.807) is 0 Å². The Kier molecular flexibility index (Phi) is 2.24. The molecule has 1 aromatic rings. The lowest BCUT2D eigenvalue weighted by atomic mass is 10.2. The molecule has 0 saturated heterocycles. The van der Waals surface area contributed by atoms with Gasteiger partial charge in [-0.15, -0.1) is 0 Å². The van der Waals surface area contributed by atoms with E-state index >= 15 is 0 Å². The molecule has 0 atom stereocenters. The molecule has 2 rings (SSSR count). The quantitative estimate of drug-likeness (QED) is 0.747. The highest BCUT2D eigenvalue weighted by Crippen LogP contribution is 2.28. The van der Waals surface area contributed by atoms with Crippen LogP contribution in [-0.2, 0) is 12.2 Å². The van der Waals surface area contributed by atoms with Crippen LogP contribution in [0.25, 0.3) is 0 Å². The third kappa shape index (κ3) is 1.43. The third-order valence-corrected chi connectivity index (χ3v) is 3.33. The summed E-state index contributed by atoms with van der Waals surface area (Å²) in [5.41, 5.74) is 8.41. The Morgan fingerprint density at radius 3 is 3.00 bits per heavy atom. The highest BCUT2D eigenvalue weighted by Gasteiger charge is 2.19. The zero-order chi connectivity index (χ0) is 9.42. The number of hydrogen-bond donors (Lipinski definition) is 1. The number of aromatic nitrogens is 2. The fourth-order valence-corrected chi connectivity index (χ4v) is 2.73. The van der Waals surface area contributed by atoms with E-state index in [2.05, 4.69) is 23.4 Å². The molecule has 0 aromatic carbocycles. The van der Waals surface area contributed by atoms with Gasteiger partial charge in [-0.1, -0.05) is 0 Å². The topological polar surface area (TPSA) is 43.8 Å². The van der Waals surface area contributed by atoms with Crippen molar-refractivity contribution in [3.8, 4) is 0 Å². The minimum absolute atomic E-state index is 0.430. The van der Waals surface area contributed by atoms with Crippen LogP contribution in [0.5, 0.6) is 0 Å². The van der Waals surface area contributed by atoms with Crippen LogP contribution in [-0.4, -0.2) is 15.3 Å². The standard InChI is InChI=1S/C9H15N3S/c1-6(2)12-8-3-4-13-5-7(8)11-9(12)10/h6H,3-5H2,1-2H3,(H2,10,11). The zero-order valence-corrected chi connectivity index (χ0v) is 8.90. The maximum Gasteiger partial charge on any atom is 0.200 e. The number of nitrogens with zero attached hydrogens (tertiary/aromatic N) is 2. The molecule has 1 aliphatic rings. The molecule has 0 bridgehead atoms. The monoisotopic (exact) mass is 197 g/mol. The summed E-state index contributed by atoms with van der Waals surface area (Å²) >= 11 is 1.94. The summed E-state index contributed by atoms with van der Waals surface area (Å²) in [5, 5.41) is 0. The minimum atomic E-state index is 0.430. The molecule has 2 N–H and O–H groups in total. The second kappa shape index (κ2) is 3.25. The van der Waals surface area contributed by atoms with Crippen molar-refractivity contribution in [3.63, 3.8) is 0 Å². The van der Waals surface area contributed by atoms with Crippen LogP contribution < -0.4 is 5.73 Å². The summed E-state index contributed by atoms with van der Waals surface area (Å²) in [4.78, 5) is 4.39. The van der Waals surface area contributed by atoms with Gasteiger partial charge in [0.25, 0.3) is 0 Å². The second-order valence-electron chi connectivity index (χ2n) is 3.63. The third-order valence-electron chi connectivity index (χ3n) is 2.36. The summed E-state index contributed by atoms with van der Waals surface area (Å²) in [6.45, 7) is 4.31. The van der Waals surface area contributed by atoms with E-state index in [0.29, 0.717) is 12.0 Å². The number of rotatable bonds is 1. The van der Waals surface area contributed by atoms with Crippen LogP contribution in [0, 0.1) is 0 Å². The average Bonchev–Trinajstić information content (AvgIpc) is 2.39. The molecule has 0 radical (unpaired) electrons. The minimum Gasteiger partial charge on any atom is -0.369 e. The first-order valence-electron chi connectivity index (χ1n) is 4.63. The van der Waals surface area contributed by atoms with E-state index in [-0.39, 0.29) is 0 Å². The molecule has 1 aliphatic heterocycles. The predicted octanol–water partition coefficient (Wildman–Crippen LogP) is 1.84. The molecule has 13 heavy (non-hydrogen) atoms. The summed E-state index contributed by atoms with van der Waals surface area (Å²) in [6.07, 6.45) is 1.11. The Bertz CT molecular complexity index is 317. The number of anilines is 1. The molecule has 1 aromatic heterocycles. The molecule has 0 fully saturated rings. The predicted molar refractivity (Wildman–Crippen MR) is 56.9 cm³/mol. The normalized spacial score (nSPS) is 16.2. The largest absolute Gasteiger partial charge is 0.369 e. The number of hydrogen-bond acceptors (Lipinski definition) is 3. The van der Waals surface area contributed by atoms with Gasteiger partial charge >= 0.3 is 0 Å². The van der Waals surface area contributed by atoms with Crippen LogP contribution in [0.15, 0.2) is 0 Å². The molecule has 4 heteroatoms. The van der Waals surface area contributed by atoms with Crippen molar-refractivity contribution in [3.05, 3.63) is 11.4 Å². The zero-order valence-electron chi connectivity index (χ0n) is 8.08. The van der Waals surface area contributed by atoms with Gasteiger partial charge in [0.1, 0.15) is 0 Å². The first kappa shape index (κ1) is 8.94. The number of thioether (sulfide) groups is 1. The lowest BCUT2D eigenvalue weighted by molar-refractivity contribution is 0.584. The summed E-state index contributed by atoms with van der Waals surface area (Å²) in [5.74, 6) is 2.91. The first-order valence-corrected chi connectivity index (χ1v) is 5.79. The van der Waals surface area contributed by atoms with Gasteiger partial charge in [-0.3, -0.25) is 0 Å². The SMILES string of the molecule is CC(C)n1c(N)nc2c1CCSC2. The van der Waals surface area contributed by atoms with Gasteiger partial charge in [-0.2, -0.15) is 11.8 Å². The molecule has 0 unspecified atom stereocenters. The Hall–Kier alpha value is -0.640. The highest BCUT2D eigenvalue weighted by atomic mass is 32.2.